The summed E-state index contributed by atoms with van der Waals surface area (Å²) < 4.78 is 5.54. The first-order valence-electron chi connectivity index (χ1n) is 5.05. The predicted octanol–water partition coefficient (Wildman–Crippen LogP) is 1.18. The SMILES string of the molecule is CN(C)CCOc1cccc(C#CC=O)c1. The first-order valence-corrected chi connectivity index (χ1v) is 5.05. The molecule has 0 aliphatic carbocycles. The van der Waals surface area contributed by atoms with Crippen LogP contribution in [-0.4, -0.2) is 38.4 Å². The van der Waals surface area contributed by atoms with Gasteiger partial charge in [-0.1, -0.05) is 12.0 Å². The van der Waals surface area contributed by atoms with E-state index in [1.54, 1.807) is 0 Å². The number of hydrogen-bond donors (Lipinski definition) is 0. The number of carbonyl (C=O) groups excluding carboxylic acids is 1. The first-order chi connectivity index (χ1) is 7.72. The zero-order valence-electron chi connectivity index (χ0n) is 9.56. The highest BCUT2D eigenvalue weighted by atomic mass is 16.5. The van der Waals surface area contributed by atoms with Crippen molar-refractivity contribution in [2.75, 3.05) is 27.2 Å². The molecule has 0 saturated heterocycles. The van der Waals surface area contributed by atoms with Crippen LogP contribution in [0.5, 0.6) is 5.75 Å². The van der Waals surface area contributed by atoms with E-state index in [2.05, 4.69) is 16.7 Å². The highest BCUT2D eigenvalue weighted by Crippen LogP contribution is 2.12. The lowest BCUT2D eigenvalue weighted by Gasteiger charge is -2.10. The quantitative estimate of drug-likeness (QED) is 0.560. The molecule has 0 heterocycles. The maximum Gasteiger partial charge on any atom is 0.193 e. The molecule has 16 heavy (non-hydrogen) atoms. The van der Waals surface area contributed by atoms with Crippen molar-refractivity contribution in [1.82, 2.24) is 4.90 Å². The van der Waals surface area contributed by atoms with E-state index in [1.807, 2.05) is 38.4 Å². The number of carbonyl (C=O) groups is 1. The molecule has 0 bridgehead atoms. The summed E-state index contributed by atoms with van der Waals surface area (Å²) in [7, 11) is 3.99. The van der Waals surface area contributed by atoms with Crippen molar-refractivity contribution in [2.24, 2.45) is 0 Å². The van der Waals surface area contributed by atoms with Gasteiger partial charge in [0.1, 0.15) is 12.4 Å². The van der Waals surface area contributed by atoms with Gasteiger partial charge < -0.3 is 9.64 Å². The molecule has 0 fully saturated rings. The lowest BCUT2D eigenvalue weighted by atomic mass is 10.2. The highest BCUT2D eigenvalue weighted by molar-refractivity contribution is 5.74. The standard InChI is InChI=1S/C13H15NO2/c1-14(2)8-10-16-13-7-3-5-12(11-13)6-4-9-15/h3,5,7,9,11H,8,10H2,1-2H3. The number of likely N-dealkylation sites (N-methyl/N-ethyl adjacent to an activating group) is 1. The van der Waals surface area contributed by atoms with Crippen molar-refractivity contribution in [3.63, 3.8) is 0 Å². The Morgan fingerprint density at radius 1 is 1.44 bits per heavy atom. The number of ether oxygens (including phenoxy) is 1. The average Bonchev–Trinajstić information content (AvgIpc) is 2.26. The number of nitrogens with zero attached hydrogens (tertiary/aromatic N) is 1. The van der Waals surface area contributed by atoms with Gasteiger partial charge in [-0.05, 0) is 38.2 Å². The van der Waals surface area contributed by atoms with Crippen molar-refractivity contribution in [2.45, 2.75) is 0 Å². The van der Waals surface area contributed by atoms with Gasteiger partial charge in [-0.2, -0.15) is 0 Å². The van der Waals surface area contributed by atoms with E-state index < -0.39 is 0 Å². The van der Waals surface area contributed by atoms with Crippen LogP contribution in [0.4, 0.5) is 0 Å². The largest absolute Gasteiger partial charge is 0.492 e. The van der Waals surface area contributed by atoms with Crippen LogP contribution in [0.1, 0.15) is 5.56 Å². The van der Waals surface area contributed by atoms with Crippen LogP contribution in [-0.2, 0) is 4.79 Å². The van der Waals surface area contributed by atoms with Crippen molar-refractivity contribution >= 4 is 6.29 Å². The van der Waals surface area contributed by atoms with Gasteiger partial charge in [0.25, 0.3) is 0 Å². The summed E-state index contributed by atoms with van der Waals surface area (Å²) in [5.74, 6) is 5.87. The molecule has 0 aliphatic heterocycles. The topological polar surface area (TPSA) is 29.5 Å². The number of benzene rings is 1. The molecule has 1 rings (SSSR count). The molecule has 0 saturated carbocycles. The Labute approximate surface area is 96.0 Å². The Morgan fingerprint density at radius 2 is 2.25 bits per heavy atom. The van der Waals surface area contributed by atoms with Gasteiger partial charge in [0.15, 0.2) is 6.29 Å². The number of hydrogen-bond acceptors (Lipinski definition) is 3. The average molecular weight is 217 g/mol. The second kappa shape index (κ2) is 6.65. The molecule has 0 N–H and O–H groups in total. The molecular weight excluding hydrogens is 202 g/mol. The maximum absolute atomic E-state index is 10.1. The zero-order valence-corrected chi connectivity index (χ0v) is 9.56. The van der Waals surface area contributed by atoms with Crippen LogP contribution >= 0.6 is 0 Å². The van der Waals surface area contributed by atoms with Crippen LogP contribution in [0.3, 0.4) is 0 Å². The van der Waals surface area contributed by atoms with E-state index in [1.165, 1.54) is 0 Å². The summed E-state index contributed by atoms with van der Waals surface area (Å²) >= 11 is 0. The van der Waals surface area contributed by atoms with E-state index in [9.17, 15) is 4.79 Å². The molecule has 1 aromatic carbocycles. The number of rotatable bonds is 4. The van der Waals surface area contributed by atoms with Crippen LogP contribution in [0.25, 0.3) is 0 Å². The molecule has 0 atom stereocenters. The third-order valence-electron chi connectivity index (χ3n) is 1.92. The normalized spacial score (nSPS) is 9.44. The monoisotopic (exact) mass is 217 g/mol. The minimum absolute atomic E-state index is 0.583. The van der Waals surface area contributed by atoms with Gasteiger partial charge in [-0.15, -0.1) is 0 Å². The molecule has 84 valence electrons. The fourth-order valence-corrected chi connectivity index (χ4v) is 1.12. The van der Waals surface area contributed by atoms with Gasteiger partial charge in [0, 0.05) is 12.1 Å². The Morgan fingerprint density at radius 3 is 2.94 bits per heavy atom. The van der Waals surface area contributed by atoms with E-state index in [0.29, 0.717) is 12.9 Å². The first kappa shape index (κ1) is 12.3. The summed E-state index contributed by atoms with van der Waals surface area (Å²) in [4.78, 5) is 12.2. The van der Waals surface area contributed by atoms with E-state index >= 15 is 0 Å². The third kappa shape index (κ3) is 4.63. The van der Waals surface area contributed by atoms with Gasteiger partial charge >= 0.3 is 0 Å². The van der Waals surface area contributed by atoms with Gasteiger partial charge in [-0.3, -0.25) is 4.79 Å². The van der Waals surface area contributed by atoms with Gasteiger partial charge in [0.05, 0.1) is 0 Å². The fourth-order valence-electron chi connectivity index (χ4n) is 1.12. The lowest BCUT2D eigenvalue weighted by Crippen LogP contribution is -2.19. The van der Waals surface area contributed by atoms with E-state index in [4.69, 9.17) is 4.74 Å². The van der Waals surface area contributed by atoms with Crippen LogP contribution in [0.2, 0.25) is 0 Å². The van der Waals surface area contributed by atoms with Crippen molar-refractivity contribution in [1.29, 1.82) is 0 Å². The molecule has 0 amide bonds. The summed E-state index contributed by atoms with van der Waals surface area (Å²) in [6, 6.07) is 7.41. The van der Waals surface area contributed by atoms with Crippen molar-refractivity contribution in [3.8, 4) is 17.6 Å². The molecule has 0 aliphatic rings. The fraction of sp³-hybridized carbons (Fsp3) is 0.308. The van der Waals surface area contributed by atoms with Crippen LogP contribution in [0, 0.1) is 11.8 Å². The molecule has 1 aromatic rings. The second-order valence-corrected chi connectivity index (χ2v) is 3.57. The minimum Gasteiger partial charge on any atom is -0.492 e. The zero-order chi connectivity index (χ0) is 11.8. The summed E-state index contributed by atoms with van der Waals surface area (Å²) in [6.45, 7) is 1.50. The summed E-state index contributed by atoms with van der Waals surface area (Å²) in [5, 5.41) is 0. The molecule has 0 radical (unpaired) electrons. The van der Waals surface area contributed by atoms with Crippen molar-refractivity contribution < 1.29 is 9.53 Å². The van der Waals surface area contributed by atoms with Gasteiger partial charge in [-0.25, -0.2) is 0 Å². The third-order valence-corrected chi connectivity index (χ3v) is 1.92. The summed E-state index contributed by atoms with van der Waals surface area (Å²) in [6.07, 6.45) is 0.583. The van der Waals surface area contributed by atoms with Gasteiger partial charge in [0.2, 0.25) is 0 Å². The van der Waals surface area contributed by atoms with Crippen LogP contribution in [0.15, 0.2) is 24.3 Å². The Hall–Kier alpha value is -1.79. The molecule has 0 aromatic heterocycles. The van der Waals surface area contributed by atoms with E-state index in [0.717, 1.165) is 17.9 Å². The lowest BCUT2D eigenvalue weighted by molar-refractivity contribution is -0.103. The Balaban J connectivity index is 2.57. The summed E-state index contributed by atoms with van der Waals surface area (Å²) in [5.41, 5.74) is 0.787. The Kier molecular flexibility index (Phi) is 5.10. The molecule has 3 heteroatoms. The van der Waals surface area contributed by atoms with Crippen molar-refractivity contribution in [3.05, 3.63) is 29.8 Å². The Bertz CT molecular complexity index is 402. The molecular formula is C13H15NO2. The molecule has 3 nitrogen and oxygen atoms in total. The molecule has 0 spiro atoms. The molecule has 0 unspecified atom stereocenters. The van der Waals surface area contributed by atoms with E-state index in [-0.39, 0.29) is 0 Å². The second-order valence-electron chi connectivity index (χ2n) is 3.57. The van der Waals surface area contributed by atoms with Crippen LogP contribution < -0.4 is 4.74 Å². The minimum atomic E-state index is 0.583. The maximum atomic E-state index is 10.1. The smallest absolute Gasteiger partial charge is 0.193 e. The highest BCUT2D eigenvalue weighted by Gasteiger charge is 1.95. The predicted molar refractivity (Wildman–Crippen MR) is 63.4 cm³/mol. The number of aldehydes is 1.